The van der Waals surface area contributed by atoms with Crippen molar-refractivity contribution in [1.82, 2.24) is 15.5 Å². The van der Waals surface area contributed by atoms with Crippen LogP contribution < -0.4 is 10.6 Å². The fourth-order valence-corrected chi connectivity index (χ4v) is 2.17. The highest BCUT2D eigenvalue weighted by Gasteiger charge is 2.13. The minimum absolute atomic E-state index is 0. The van der Waals surface area contributed by atoms with E-state index in [1.54, 1.807) is 7.05 Å². The number of morpholine rings is 1. The van der Waals surface area contributed by atoms with E-state index in [2.05, 4.69) is 27.4 Å². The molecule has 1 heterocycles. The summed E-state index contributed by atoms with van der Waals surface area (Å²) < 4.78 is 10.7. The maximum atomic E-state index is 5.36. The third-order valence-electron chi connectivity index (χ3n) is 3.26. The highest BCUT2D eigenvalue weighted by Crippen LogP contribution is 2.02. The summed E-state index contributed by atoms with van der Waals surface area (Å²) in [5, 5.41) is 6.60. The Hall–Kier alpha value is -0.120. The van der Waals surface area contributed by atoms with Crippen LogP contribution >= 0.6 is 24.0 Å². The molecule has 1 atom stereocenters. The molecule has 0 aliphatic carbocycles. The van der Waals surface area contributed by atoms with Gasteiger partial charge in [0.25, 0.3) is 0 Å². The van der Waals surface area contributed by atoms with Gasteiger partial charge >= 0.3 is 0 Å². The van der Waals surface area contributed by atoms with Gasteiger partial charge in [0.2, 0.25) is 0 Å². The summed E-state index contributed by atoms with van der Waals surface area (Å²) in [5.41, 5.74) is 0. The Morgan fingerprint density at radius 1 is 1.33 bits per heavy atom. The van der Waals surface area contributed by atoms with Gasteiger partial charge < -0.3 is 20.1 Å². The molecule has 6 nitrogen and oxygen atoms in total. The Morgan fingerprint density at radius 2 is 2.05 bits per heavy atom. The summed E-state index contributed by atoms with van der Waals surface area (Å²) >= 11 is 0. The normalized spacial score (nSPS) is 18.0. The Bertz CT molecular complexity index is 274. The predicted molar refractivity (Wildman–Crippen MR) is 97.7 cm³/mol. The molecule has 0 aromatic carbocycles. The van der Waals surface area contributed by atoms with Gasteiger partial charge in [0.1, 0.15) is 0 Å². The number of aliphatic imine (C=N–C) groups is 1. The van der Waals surface area contributed by atoms with E-state index in [9.17, 15) is 0 Å². The fraction of sp³-hybridized carbons (Fsp3) is 0.929. The third kappa shape index (κ3) is 10.3. The number of halogens is 1. The summed E-state index contributed by atoms with van der Waals surface area (Å²) in [7, 11) is 1.79. The highest BCUT2D eigenvalue weighted by atomic mass is 127. The molecular formula is C14H31IN4O2. The Morgan fingerprint density at radius 3 is 2.67 bits per heavy atom. The number of rotatable bonds is 8. The first-order chi connectivity index (χ1) is 9.76. The van der Waals surface area contributed by atoms with Gasteiger partial charge in [-0.3, -0.25) is 9.89 Å². The Labute approximate surface area is 146 Å². The molecule has 1 fully saturated rings. The van der Waals surface area contributed by atoms with Gasteiger partial charge in [0, 0.05) is 46.4 Å². The van der Waals surface area contributed by atoms with E-state index in [1.807, 2.05) is 6.92 Å². The minimum Gasteiger partial charge on any atom is -0.380 e. The van der Waals surface area contributed by atoms with Crippen molar-refractivity contribution in [3.8, 4) is 0 Å². The van der Waals surface area contributed by atoms with Crippen LogP contribution in [0.1, 0.15) is 13.8 Å². The van der Waals surface area contributed by atoms with Gasteiger partial charge in [-0.2, -0.15) is 0 Å². The zero-order chi connectivity index (χ0) is 14.6. The molecule has 126 valence electrons. The third-order valence-corrected chi connectivity index (χ3v) is 3.26. The standard InChI is InChI=1S/C14H30N4O2.HI/c1-4-19-8-5-16-14(15-3)17-11-13(2)12-18-6-9-20-10-7-18;/h13H,4-12H2,1-3H3,(H2,15,16,17);1H. The van der Waals surface area contributed by atoms with Crippen molar-refractivity contribution in [3.05, 3.63) is 0 Å². The van der Waals surface area contributed by atoms with Crippen LogP contribution in [0.3, 0.4) is 0 Å². The summed E-state index contributed by atoms with van der Waals surface area (Å²) in [6.45, 7) is 12.4. The first-order valence-corrected chi connectivity index (χ1v) is 7.58. The zero-order valence-electron chi connectivity index (χ0n) is 13.6. The molecule has 0 spiro atoms. The summed E-state index contributed by atoms with van der Waals surface area (Å²) in [6, 6.07) is 0. The number of nitrogens with zero attached hydrogens (tertiary/aromatic N) is 2. The second-order valence-electron chi connectivity index (χ2n) is 5.09. The van der Waals surface area contributed by atoms with E-state index in [0.717, 1.165) is 58.5 Å². The van der Waals surface area contributed by atoms with E-state index in [0.29, 0.717) is 12.5 Å². The summed E-state index contributed by atoms with van der Waals surface area (Å²) in [5.74, 6) is 1.43. The van der Waals surface area contributed by atoms with Crippen LogP contribution in [-0.2, 0) is 9.47 Å². The molecule has 0 saturated carbocycles. The lowest BCUT2D eigenvalue weighted by atomic mass is 10.1. The monoisotopic (exact) mass is 414 g/mol. The van der Waals surface area contributed by atoms with Crippen LogP contribution in [-0.4, -0.2) is 77.1 Å². The first kappa shape index (κ1) is 20.9. The number of hydrogen-bond donors (Lipinski definition) is 2. The van der Waals surface area contributed by atoms with Crippen molar-refractivity contribution < 1.29 is 9.47 Å². The van der Waals surface area contributed by atoms with Crippen LogP contribution in [0.4, 0.5) is 0 Å². The van der Waals surface area contributed by atoms with E-state index in [1.165, 1.54) is 0 Å². The minimum atomic E-state index is 0. The molecule has 21 heavy (non-hydrogen) atoms. The maximum Gasteiger partial charge on any atom is 0.191 e. The molecule has 7 heteroatoms. The zero-order valence-corrected chi connectivity index (χ0v) is 15.9. The number of hydrogen-bond acceptors (Lipinski definition) is 4. The molecular weight excluding hydrogens is 383 g/mol. The molecule has 2 N–H and O–H groups in total. The average Bonchev–Trinajstić information content (AvgIpc) is 2.47. The Balaban J connectivity index is 0.00000400. The molecule has 1 aliphatic rings. The van der Waals surface area contributed by atoms with Crippen molar-refractivity contribution in [2.75, 3.05) is 66.2 Å². The van der Waals surface area contributed by atoms with Crippen molar-refractivity contribution in [2.24, 2.45) is 10.9 Å². The van der Waals surface area contributed by atoms with E-state index >= 15 is 0 Å². The van der Waals surface area contributed by atoms with Gasteiger partial charge in [0.05, 0.1) is 19.8 Å². The van der Waals surface area contributed by atoms with E-state index < -0.39 is 0 Å². The maximum absolute atomic E-state index is 5.36. The quantitative estimate of drug-likeness (QED) is 0.266. The molecule has 1 unspecified atom stereocenters. The molecule has 1 aliphatic heterocycles. The molecule has 1 saturated heterocycles. The predicted octanol–water partition coefficient (Wildman–Crippen LogP) is 0.774. The van der Waals surface area contributed by atoms with Crippen molar-refractivity contribution in [3.63, 3.8) is 0 Å². The molecule has 0 bridgehead atoms. The smallest absolute Gasteiger partial charge is 0.191 e. The van der Waals surface area contributed by atoms with E-state index in [4.69, 9.17) is 9.47 Å². The SMILES string of the molecule is CCOCCNC(=NC)NCC(C)CN1CCOCC1.I. The van der Waals surface area contributed by atoms with E-state index in [-0.39, 0.29) is 24.0 Å². The van der Waals surface area contributed by atoms with Crippen molar-refractivity contribution >= 4 is 29.9 Å². The van der Waals surface area contributed by atoms with Gasteiger partial charge in [-0.05, 0) is 12.8 Å². The summed E-state index contributed by atoms with van der Waals surface area (Å²) in [4.78, 5) is 6.67. The second-order valence-corrected chi connectivity index (χ2v) is 5.09. The topological polar surface area (TPSA) is 58.1 Å². The van der Waals surface area contributed by atoms with Crippen LogP contribution in [0.2, 0.25) is 0 Å². The lowest BCUT2D eigenvalue weighted by Gasteiger charge is -2.29. The van der Waals surface area contributed by atoms with Gasteiger partial charge in [0.15, 0.2) is 5.96 Å². The largest absolute Gasteiger partial charge is 0.380 e. The lowest BCUT2D eigenvalue weighted by Crippen LogP contribution is -2.44. The van der Waals surface area contributed by atoms with Crippen LogP contribution in [0.15, 0.2) is 4.99 Å². The Kier molecular flexibility index (Phi) is 13.5. The van der Waals surface area contributed by atoms with Crippen molar-refractivity contribution in [2.45, 2.75) is 13.8 Å². The molecule has 0 aromatic rings. The number of guanidine groups is 1. The molecule has 1 rings (SSSR count). The van der Waals surface area contributed by atoms with Crippen LogP contribution in [0.25, 0.3) is 0 Å². The van der Waals surface area contributed by atoms with Crippen LogP contribution in [0, 0.1) is 5.92 Å². The second kappa shape index (κ2) is 13.5. The van der Waals surface area contributed by atoms with Gasteiger partial charge in [-0.15, -0.1) is 24.0 Å². The molecule has 0 aromatic heterocycles. The number of nitrogens with one attached hydrogen (secondary N) is 2. The average molecular weight is 414 g/mol. The molecule has 0 radical (unpaired) electrons. The number of ether oxygens (including phenoxy) is 2. The van der Waals surface area contributed by atoms with Crippen LogP contribution in [0.5, 0.6) is 0 Å². The van der Waals surface area contributed by atoms with Crippen molar-refractivity contribution in [1.29, 1.82) is 0 Å². The fourth-order valence-electron chi connectivity index (χ4n) is 2.17. The lowest BCUT2D eigenvalue weighted by molar-refractivity contribution is 0.0320. The first-order valence-electron chi connectivity index (χ1n) is 7.58. The summed E-state index contributed by atoms with van der Waals surface area (Å²) in [6.07, 6.45) is 0. The highest BCUT2D eigenvalue weighted by molar-refractivity contribution is 14.0. The van der Waals surface area contributed by atoms with Gasteiger partial charge in [-0.25, -0.2) is 0 Å². The van der Waals surface area contributed by atoms with Gasteiger partial charge in [-0.1, -0.05) is 6.92 Å². The molecule has 0 amide bonds.